The smallest absolute Gasteiger partial charge is 0.259 e. The van der Waals surface area contributed by atoms with Crippen molar-refractivity contribution in [1.82, 2.24) is 4.98 Å². The summed E-state index contributed by atoms with van der Waals surface area (Å²) in [6, 6.07) is 7.77. The van der Waals surface area contributed by atoms with E-state index >= 15 is 0 Å². The van der Waals surface area contributed by atoms with E-state index in [0.717, 1.165) is 5.69 Å². The van der Waals surface area contributed by atoms with Crippen molar-refractivity contribution in [2.45, 2.75) is 6.92 Å². The van der Waals surface area contributed by atoms with Gasteiger partial charge in [0, 0.05) is 22.1 Å². The first-order chi connectivity index (χ1) is 8.58. The second-order valence-corrected chi connectivity index (χ2v) is 4.59. The summed E-state index contributed by atoms with van der Waals surface area (Å²) in [5.41, 5.74) is 1.36. The van der Waals surface area contributed by atoms with E-state index in [-0.39, 0.29) is 5.56 Å². The molecule has 0 saturated heterocycles. The summed E-state index contributed by atoms with van der Waals surface area (Å²) in [7, 11) is 0. The minimum Gasteiger partial charge on any atom is -0.322 e. The number of halogens is 2. The van der Waals surface area contributed by atoms with Crippen LogP contribution in [-0.2, 0) is 0 Å². The second kappa shape index (κ2) is 5.27. The summed E-state index contributed by atoms with van der Waals surface area (Å²) in [5, 5.41) is 2.63. The van der Waals surface area contributed by atoms with Gasteiger partial charge >= 0.3 is 0 Å². The zero-order chi connectivity index (χ0) is 13.1. The first-order valence-electron chi connectivity index (χ1n) is 5.26. The van der Waals surface area contributed by atoms with Gasteiger partial charge in [0.15, 0.2) is 0 Å². The van der Waals surface area contributed by atoms with E-state index in [0.29, 0.717) is 10.2 Å². The number of benzene rings is 1. The van der Waals surface area contributed by atoms with Crippen LogP contribution in [-0.4, -0.2) is 10.9 Å². The molecule has 0 spiro atoms. The number of hydrogen-bond acceptors (Lipinski definition) is 2. The minimum atomic E-state index is -0.562. The standard InChI is InChI=1S/C13H10BrFN2O/c1-8-7-9(5-6-16-8)17-13(18)12-10(14)3-2-4-11(12)15/h2-7H,1H3,(H,16,17,18). The molecular weight excluding hydrogens is 299 g/mol. The Hall–Kier alpha value is -1.75. The van der Waals surface area contributed by atoms with E-state index in [2.05, 4.69) is 26.2 Å². The molecule has 0 saturated carbocycles. The van der Waals surface area contributed by atoms with Crippen LogP contribution in [0, 0.1) is 12.7 Å². The van der Waals surface area contributed by atoms with Crippen LogP contribution in [0.4, 0.5) is 10.1 Å². The monoisotopic (exact) mass is 308 g/mol. The average Bonchev–Trinajstić information content (AvgIpc) is 2.28. The Bertz CT molecular complexity index is 581. The Morgan fingerprint density at radius 2 is 2.17 bits per heavy atom. The number of aromatic nitrogens is 1. The van der Waals surface area contributed by atoms with Crippen LogP contribution in [0.1, 0.15) is 16.1 Å². The van der Waals surface area contributed by atoms with E-state index in [1.165, 1.54) is 12.1 Å². The van der Waals surface area contributed by atoms with Crippen LogP contribution in [0.15, 0.2) is 41.0 Å². The van der Waals surface area contributed by atoms with Crippen molar-refractivity contribution in [2.24, 2.45) is 0 Å². The van der Waals surface area contributed by atoms with Crippen LogP contribution < -0.4 is 5.32 Å². The Morgan fingerprint density at radius 3 is 2.83 bits per heavy atom. The van der Waals surface area contributed by atoms with Gasteiger partial charge in [0.25, 0.3) is 5.91 Å². The number of nitrogens with one attached hydrogen (secondary N) is 1. The maximum absolute atomic E-state index is 13.6. The van der Waals surface area contributed by atoms with Gasteiger partial charge in [0.2, 0.25) is 0 Å². The first-order valence-corrected chi connectivity index (χ1v) is 6.05. The molecule has 0 aliphatic heterocycles. The maximum atomic E-state index is 13.6. The number of nitrogens with zero attached hydrogens (tertiary/aromatic N) is 1. The molecule has 0 atom stereocenters. The lowest BCUT2D eigenvalue weighted by Crippen LogP contribution is -2.14. The largest absolute Gasteiger partial charge is 0.322 e. The molecule has 2 aromatic rings. The number of carbonyl (C=O) groups is 1. The number of carbonyl (C=O) groups excluding carboxylic acids is 1. The van der Waals surface area contributed by atoms with Crippen molar-refractivity contribution in [3.8, 4) is 0 Å². The van der Waals surface area contributed by atoms with Crippen LogP contribution in [0.2, 0.25) is 0 Å². The molecule has 1 aromatic heterocycles. The summed E-state index contributed by atoms with van der Waals surface area (Å²) < 4.78 is 14.0. The molecule has 18 heavy (non-hydrogen) atoms. The number of rotatable bonds is 2. The number of aryl methyl sites for hydroxylation is 1. The summed E-state index contributed by atoms with van der Waals surface area (Å²) in [6.07, 6.45) is 1.58. The lowest BCUT2D eigenvalue weighted by molar-refractivity contribution is 0.102. The highest BCUT2D eigenvalue weighted by Gasteiger charge is 2.15. The zero-order valence-electron chi connectivity index (χ0n) is 9.58. The molecule has 1 N–H and O–H groups in total. The molecule has 1 aromatic carbocycles. The molecule has 0 aliphatic rings. The van der Waals surface area contributed by atoms with Crippen molar-refractivity contribution in [3.05, 3.63) is 58.1 Å². The van der Waals surface area contributed by atoms with E-state index < -0.39 is 11.7 Å². The summed E-state index contributed by atoms with van der Waals surface area (Å²) >= 11 is 3.16. The molecular formula is C13H10BrFN2O. The van der Waals surface area contributed by atoms with Gasteiger partial charge in [0.05, 0.1) is 5.56 Å². The highest BCUT2D eigenvalue weighted by Crippen LogP contribution is 2.21. The van der Waals surface area contributed by atoms with Crippen LogP contribution >= 0.6 is 15.9 Å². The fourth-order valence-corrected chi connectivity index (χ4v) is 2.05. The molecule has 92 valence electrons. The van der Waals surface area contributed by atoms with Crippen molar-refractivity contribution >= 4 is 27.5 Å². The average molecular weight is 309 g/mol. The predicted molar refractivity (Wildman–Crippen MR) is 71.0 cm³/mol. The van der Waals surface area contributed by atoms with Crippen LogP contribution in [0.25, 0.3) is 0 Å². The third kappa shape index (κ3) is 2.73. The predicted octanol–water partition coefficient (Wildman–Crippen LogP) is 3.54. The van der Waals surface area contributed by atoms with Gasteiger partial charge in [-0.05, 0) is 47.1 Å². The Balaban J connectivity index is 2.28. The number of pyridine rings is 1. The topological polar surface area (TPSA) is 42.0 Å². The molecule has 0 aliphatic carbocycles. The summed E-state index contributed by atoms with van der Waals surface area (Å²) in [6.45, 7) is 1.81. The number of hydrogen-bond donors (Lipinski definition) is 1. The van der Waals surface area contributed by atoms with Crippen molar-refractivity contribution < 1.29 is 9.18 Å². The van der Waals surface area contributed by atoms with Gasteiger partial charge in [-0.15, -0.1) is 0 Å². The highest BCUT2D eigenvalue weighted by atomic mass is 79.9. The summed E-state index contributed by atoms with van der Waals surface area (Å²) in [4.78, 5) is 16.0. The fourth-order valence-electron chi connectivity index (χ4n) is 1.53. The normalized spacial score (nSPS) is 10.2. The minimum absolute atomic E-state index is 0.00744. The summed E-state index contributed by atoms with van der Waals surface area (Å²) in [5.74, 6) is -1.06. The van der Waals surface area contributed by atoms with E-state index in [4.69, 9.17) is 0 Å². The molecule has 1 heterocycles. The lowest BCUT2D eigenvalue weighted by Gasteiger charge is -2.08. The van der Waals surface area contributed by atoms with Gasteiger partial charge in [-0.2, -0.15) is 0 Å². The Morgan fingerprint density at radius 1 is 1.39 bits per heavy atom. The van der Waals surface area contributed by atoms with E-state index in [1.54, 1.807) is 24.4 Å². The maximum Gasteiger partial charge on any atom is 0.259 e. The van der Waals surface area contributed by atoms with Gasteiger partial charge in [-0.3, -0.25) is 9.78 Å². The Kier molecular flexibility index (Phi) is 3.72. The second-order valence-electron chi connectivity index (χ2n) is 3.74. The molecule has 0 unspecified atom stereocenters. The molecule has 5 heteroatoms. The quantitative estimate of drug-likeness (QED) is 0.922. The number of amides is 1. The van der Waals surface area contributed by atoms with Crippen molar-refractivity contribution in [3.63, 3.8) is 0 Å². The molecule has 0 radical (unpaired) electrons. The molecule has 2 rings (SSSR count). The fraction of sp³-hybridized carbons (Fsp3) is 0.0769. The molecule has 0 bridgehead atoms. The van der Waals surface area contributed by atoms with E-state index in [9.17, 15) is 9.18 Å². The van der Waals surface area contributed by atoms with Gasteiger partial charge in [-0.25, -0.2) is 4.39 Å². The lowest BCUT2D eigenvalue weighted by atomic mass is 10.2. The van der Waals surface area contributed by atoms with Crippen molar-refractivity contribution in [1.29, 1.82) is 0 Å². The van der Waals surface area contributed by atoms with Gasteiger partial charge in [-0.1, -0.05) is 6.07 Å². The first kappa shape index (κ1) is 12.7. The molecule has 3 nitrogen and oxygen atoms in total. The number of anilines is 1. The van der Waals surface area contributed by atoms with Gasteiger partial charge < -0.3 is 5.32 Å². The highest BCUT2D eigenvalue weighted by molar-refractivity contribution is 9.10. The SMILES string of the molecule is Cc1cc(NC(=O)c2c(F)cccc2Br)ccn1. The Labute approximate surface area is 112 Å². The van der Waals surface area contributed by atoms with E-state index in [1.807, 2.05) is 6.92 Å². The zero-order valence-corrected chi connectivity index (χ0v) is 11.2. The molecule has 1 amide bonds. The third-order valence-electron chi connectivity index (χ3n) is 2.34. The molecule has 0 fully saturated rings. The van der Waals surface area contributed by atoms with Crippen molar-refractivity contribution in [2.75, 3.05) is 5.32 Å². The van der Waals surface area contributed by atoms with Gasteiger partial charge in [0.1, 0.15) is 5.82 Å². The van der Waals surface area contributed by atoms with Crippen LogP contribution in [0.3, 0.4) is 0 Å². The van der Waals surface area contributed by atoms with Crippen LogP contribution in [0.5, 0.6) is 0 Å². The third-order valence-corrected chi connectivity index (χ3v) is 3.01.